The summed E-state index contributed by atoms with van der Waals surface area (Å²) in [4.78, 5) is 11.3. The van der Waals surface area contributed by atoms with Gasteiger partial charge in [0.15, 0.2) is 9.76 Å². The zero-order chi connectivity index (χ0) is 18.3. The van der Waals surface area contributed by atoms with Gasteiger partial charge in [-0.1, -0.05) is 6.42 Å². The van der Waals surface area contributed by atoms with Crippen molar-refractivity contribution >= 4 is 15.9 Å². The van der Waals surface area contributed by atoms with Crippen LogP contribution < -0.4 is 10.1 Å². The Bertz CT molecular complexity index is 560. The molecule has 0 atom stereocenters. The van der Waals surface area contributed by atoms with E-state index in [9.17, 15) is 26.7 Å². The number of ether oxygens (including phenoxy) is 1. The van der Waals surface area contributed by atoms with Crippen molar-refractivity contribution < 1.29 is 46.1 Å². The molecule has 136 valence electrons. The van der Waals surface area contributed by atoms with Crippen molar-refractivity contribution in [3.63, 3.8) is 0 Å². The van der Waals surface area contributed by atoms with Gasteiger partial charge in [0.05, 0.1) is 0 Å². The largest absolute Gasteiger partial charge is 0.412 e. The number of hydrogen-bond acceptors (Lipinski definition) is 5. The second-order valence-corrected chi connectivity index (χ2v) is 5.92. The highest BCUT2D eigenvalue weighted by molar-refractivity contribution is 6.26. The van der Waals surface area contributed by atoms with Gasteiger partial charge in [-0.2, -0.15) is 8.78 Å². The van der Waals surface area contributed by atoms with Crippen molar-refractivity contribution in [3.05, 3.63) is 29.1 Å². The molecule has 0 aliphatic heterocycles. The van der Waals surface area contributed by atoms with Crippen molar-refractivity contribution in [1.29, 1.82) is 0 Å². The minimum atomic E-state index is -2.35. The van der Waals surface area contributed by atoms with Crippen LogP contribution in [0, 0.1) is 29.1 Å². The Morgan fingerprint density at radius 3 is 2.08 bits per heavy atom. The van der Waals surface area contributed by atoms with Gasteiger partial charge in [0.2, 0.25) is 34.8 Å². The van der Waals surface area contributed by atoms with E-state index in [1.807, 2.05) is 0 Å². The number of halogens is 5. The molecule has 24 heavy (non-hydrogen) atoms. The fourth-order valence-electron chi connectivity index (χ4n) is 1.59. The summed E-state index contributed by atoms with van der Waals surface area (Å²) in [5, 5.41) is 18.9. The zero-order valence-electron chi connectivity index (χ0n) is 12.1. The second-order valence-electron chi connectivity index (χ2n) is 4.47. The van der Waals surface area contributed by atoms with Gasteiger partial charge < -0.3 is 24.7 Å². The molecule has 0 fully saturated rings. The SMILES string of the molecule is O=C(NCCCC[SiH2]OC(O)O)Oc1c(F)c(F)c(F)c(F)c1F. The minimum absolute atomic E-state index is 0.0182. The average Bonchev–Trinajstić information content (AvgIpc) is 2.54. The Labute approximate surface area is 135 Å². The molecule has 0 aliphatic carbocycles. The van der Waals surface area contributed by atoms with E-state index >= 15 is 0 Å². The smallest absolute Gasteiger partial charge is 0.404 e. The fraction of sp³-hybridized carbons (Fsp3) is 0.417. The van der Waals surface area contributed by atoms with Crippen molar-refractivity contribution in [2.75, 3.05) is 6.54 Å². The van der Waals surface area contributed by atoms with Crippen LogP contribution >= 0.6 is 0 Å². The van der Waals surface area contributed by atoms with Gasteiger partial charge in [0.1, 0.15) is 0 Å². The zero-order valence-corrected chi connectivity index (χ0v) is 13.5. The van der Waals surface area contributed by atoms with Crippen molar-refractivity contribution in [1.82, 2.24) is 5.32 Å². The number of unbranched alkanes of at least 4 members (excludes halogenated alkanes) is 1. The molecule has 3 N–H and O–H groups in total. The van der Waals surface area contributed by atoms with E-state index in [0.717, 1.165) is 0 Å². The van der Waals surface area contributed by atoms with Crippen LogP contribution in [0.5, 0.6) is 5.75 Å². The van der Waals surface area contributed by atoms with E-state index in [1.165, 1.54) is 0 Å². The van der Waals surface area contributed by atoms with Crippen LogP contribution in [0.3, 0.4) is 0 Å². The lowest BCUT2D eigenvalue weighted by molar-refractivity contribution is -0.180. The van der Waals surface area contributed by atoms with Gasteiger partial charge in [-0.15, -0.1) is 0 Å². The molecule has 0 unspecified atom stereocenters. The summed E-state index contributed by atoms with van der Waals surface area (Å²) >= 11 is 0. The Kier molecular flexibility index (Phi) is 8.04. The predicted octanol–water partition coefficient (Wildman–Crippen LogP) is 1.04. The lowest BCUT2D eigenvalue weighted by atomic mass is 10.2. The topological polar surface area (TPSA) is 88.0 Å². The number of rotatable bonds is 8. The van der Waals surface area contributed by atoms with Gasteiger partial charge in [-0.25, -0.2) is 18.0 Å². The highest BCUT2D eigenvalue weighted by Gasteiger charge is 2.28. The third-order valence-corrected chi connectivity index (χ3v) is 4.04. The van der Waals surface area contributed by atoms with Gasteiger partial charge in [0.25, 0.3) is 6.48 Å². The van der Waals surface area contributed by atoms with Crippen LogP contribution in [-0.4, -0.2) is 39.1 Å². The molecule has 0 aromatic heterocycles. The predicted molar refractivity (Wildman–Crippen MR) is 72.2 cm³/mol. The molecule has 1 aromatic carbocycles. The summed E-state index contributed by atoms with van der Waals surface area (Å²) in [6, 6.07) is 0.575. The normalized spacial score (nSPS) is 11.5. The molecule has 0 radical (unpaired) electrons. The standard InChI is InChI=1S/C12H14F5NO5Si/c13-5-6(14)8(16)10(9(17)7(5)15)22-11(19)18-3-1-2-4-24-23-12(20)21/h12,20-21H,1-4,24H2,(H,18,19). The van der Waals surface area contributed by atoms with E-state index in [-0.39, 0.29) is 6.54 Å². The maximum atomic E-state index is 13.3. The number of carbonyl (C=O) groups excluding carboxylic acids is 1. The van der Waals surface area contributed by atoms with E-state index in [1.54, 1.807) is 0 Å². The van der Waals surface area contributed by atoms with Crippen LogP contribution in [0.2, 0.25) is 6.04 Å². The number of aliphatic hydroxyl groups is 2. The highest BCUT2D eigenvalue weighted by Crippen LogP contribution is 2.29. The second kappa shape index (κ2) is 9.51. The van der Waals surface area contributed by atoms with Crippen LogP contribution in [0.1, 0.15) is 12.8 Å². The van der Waals surface area contributed by atoms with Crippen molar-refractivity contribution in [3.8, 4) is 5.75 Å². The third kappa shape index (κ3) is 5.70. The Balaban J connectivity index is 2.44. The minimum Gasteiger partial charge on any atom is -0.404 e. The first-order chi connectivity index (χ1) is 11.3. The van der Waals surface area contributed by atoms with Crippen LogP contribution in [0.15, 0.2) is 0 Å². The molecule has 0 spiro atoms. The molecule has 0 aliphatic rings. The van der Waals surface area contributed by atoms with E-state index < -0.39 is 57.2 Å². The maximum absolute atomic E-state index is 13.3. The fourth-order valence-corrected chi connectivity index (χ4v) is 2.52. The Morgan fingerprint density at radius 1 is 1.00 bits per heavy atom. The van der Waals surface area contributed by atoms with Crippen LogP contribution in [0.4, 0.5) is 26.7 Å². The summed E-state index contributed by atoms with van der Waals surface area (Å²) in [5.74, 6) is -12.9. The number of aliphatic hydroxyl groups excluding tert-OH is 1. The first-order valence-electron chi connectivity index (χ1n) is 6.70. The number of amides is 1. The molecule has 0 bridgehead atoms. The van der Waals surface area contributed by atoms with Crippen LogP contribution in [-0.2, 0) is 4.43 Å². The molecule has 1 rings (SSSR count). The van der Waals surface area contributed by atoms with Gasteiger partial charge in [-0.3, -0.25) is 0 Å². The molecule has 12 heteroatoms. The molecule has 0 saturated heterocycles. The number of hydrogen-bond donors (Lipinski definition) is 3. The maximum Gasteiger partial charge on any atom is 0.412 e. The first kappa shape index (κ1) is 20.3. The summed E-state index contributed by atoms with van der Waals surface area (Å²) in [6.07, 6.45) is -0.413. The summed E-state index contributed by atoms with van der Waals surface area (Å²) in [7, 11) is -1.12. The van der Waals surface area contributed by atoms with Gasteiger partial charge >= 0.3 is 6.09 Å². The Hall–Kier alpha value is -1.76. The first-order valence-corrected chi connectivity index (χ1v) is 8.28. The number of carbonyl (C=O) groups is 1. The van der Waals surface area contributed by atoms with E-state index in [2.05, 4.69) is 14.5 Å². The quantitative estimate of drug-likeness (QED) is 0.158. The van der Waals surface area contributed by atoms with Gasteiger partial charge in [-0.05, 0) is 12.5 Å². The molecule has 0 saturated carbocycles. The van der Waals surface area contributed by atoms with Gasteiger partial charge in [0, 0.05) is 6.54 Å². The highest BCUT2D eigenvalue weighted by atomic mass is 28.2. The summed E-state index contributed by atoms with van der Waals surface area (Å²) < 4.78 is 73.9. The number of nitrogens with one attached hydrogen (secondary N) is 1. The molecule has 1 amide bonds. The molecule has 0 heterocycles. The Morgan fingerprint density at radius 2 is 1.54 bits per heavy atom. The third-order valence-electron chi connectivity index (χ3n) is 2.72. The lowest BCUT2D eigenvalue weighted by Crippen LogP contribution is -2.28. The van der Waals surface area contributed by atoms with Crippen molar-refractivity contribution in [2.24, 2.45) is 0 Å². The molecule has 6 nitrogen and oxygen atoms in total. The molecular formula is C12H14F5NO5Si. The van der Waals surface area contributed by atoms with Crippen molar-refractivity contribution in [2.45, 2.75) is 25.4 Å². The van der Waals surface area contributed by atoms with E-state index in [4.69, 9.17) is 10.2 Å². The summed E-state index contributed by atoms with van der Waals surface area (Å²) in [6.45, 7) is -1.80. The monoisotopic (exact) mass is 375 g/mol. The van der Waals surface area contributed by atoms with Crippen LogP contribution in [0.25, 0.3) is 0 Å². The molecule has 1 aromatic rings. The average molecular weight is 375 g/mol. The molecular weight excluding hydrogens is 361 g/mol. The number of benzene rings is 1. The van der Waals surface area contributed by atoms with E-state index in [0.29, 0.717) is 18.9 Å². The summed E-state index contributed by atoms with van der Waals surface area (Å²) in [5.41, 5.74) is 0. The lowest BCUT2D eigenvalue weighted by Gasteiger charge is -2.10.